The first kappa shape index (κ1) is 10.4. The molecule has 1 heteroatoms. The summed E-state index contributed by atoms with van der Waals surface area (Å²) in [7, 11) is 0. The van der Waals surface area contributed by atoms with Crippen LogP contribution in [0.1, 0.15) is 42.9 Å². The highest BCUT2D eigenvalue weighted by Gasteiger charge is 2.36. The highest BCUT2D eigenvalue weighted by Crippen LogP contribution is 2.40. The summed E-state index contributed by atoms with van der Waals surface area (Å²) in [5.74, 6) is 0.414. The number of benzene rings is 1. The maximum absolute atomic E-state index is 11.4. The SMILES string of the molecule is Cc1ccc(C2(C)CCC(=O)C2)c(C)c1. The van der Waals surface area contributed by atoms with Crippen LogP contribution in [0.25, 0.3) is 0 Å². The van der Waals surface area contributed by atoms with E-state index in [1.165, 1.54) is 16.7 Å². The minimum Gasteiger partial charge on any atom is -0.300 e. The average molecular weight is 202 g/mol. The van der Waals surface area contributed by atoms with Gasteiger partial charge in [-0.25, -0.2) is 0 Å². The molecule has 1 fully saturated rings. The summed E-state index contributed by atoms with van der Waals surface area (Å²) < 4.78 is 0. The van der Waals surface area contributed by atoms with E-state index in [1.807, 2.05) is 0 Å². The Bertz CT molecular complexity index is 406. The quantitative estimate of drug-likeness (QED) is 0.682. The molecule has 0 bridgehead atoms. The van der Waals surface area contributed by atoms with E-state index in [9.17, 15) is 4.79 Å². The van der Waals surface area contributed by atoms with E-state index in [-0.39, 0.29) is 5.41 Å². The van der Waals surface area contributed by atoms with Crippen molar-refractivity contribution >= 4 is 5.78 Å². The number of rotatable bonds is 1. The normalized spacial score (nSPS) is 25.9. The summed E-state index contributed by atoms with van der Waals surface area (Å²) in [6.45, 7) is 6.48. The molecule has 1 aliphatic carbocycles. The third kappa shape index (κ3) is 1.83. The van der Waals surface area contributed by atoms with E-state index in [1.54, 1.807) is 0 Å². The molecule has 1 aliphatic rings. The third-order valence-electron chi connectivity index (χ3n) is 3.58. The lowest BCUT2D eigenvalue weighted by molar-refractivity contribution is -0.117. The van der Waals surface area contributed by atoms with Crippen LogP contribution in [0.2, 0.25) is 0 Å². The highest BCUT2D eigenvalue weighted by atomic mass is 16.1. The van der Waals surface area contributed by atoms with Crippen molar-refractivity contribution in [1.29, 1.82) is 0 Å². The van der Waals surface area contributed by atoms with Crippen molar-refractivity contribution in [2.24, 2.45) is 0 Å². The van der Waals surface area contributed by atoms with Gasteiger partial charge in [0.2, 0.25) is 0 Å². The molecule has 1 saturated carbocycles. The number of carbonyl (C=O) groups excluding carboxylic acids is 1. The van der Waals surface area contributed by atoms with Crippen LogP contribution in [0.3, 0.4) is 0 Å². The van der Waals surface area contributed by atoms with Crippen molar-refractivity contribution in [2.75, 3.05) is 0 Å². The third-order valence-corrected chi connectivity index (χ3v) is 3.58. The predicted molar refractivity (Wildman–Crippen MR) is 62.1 cm³/mol. The summed E-state index contributed by atoms with van der Waals surface area (Å²) in [6, 6.07) is 6.56. The Balaban J connectivity index is 2.41. The van der Waals surface area contributed by atoms with Gasteiger partial charge >= 0.3 is 0 Å². The summed E-state index contributed by atoms with van der Waals surface area (Å²) in [6.07, 6.45) is 2.48. The van der Waals surface area contributed by atoms with Crippen LogP contribution >= 0.6 is 0 Å². The van der Waals surface area contributed by atoms with E-state index < -0.39 is 0 Å². The summed E-state index contributed by atoms with van der Waals surface area (Å²) in [4.78, 5) is 11.4. The van der Waals surface area contributed by atoms with Crippen LogP contribution in [0.15, 0.2) is 18.2 Å². The molecule has 0 heterocycles. The second-order valence-corrected chi connectivity index (χ2v) is 5.09. The molecular formula is C14H18O. The molecule has 1 atom stereocenters. The number of aryl methyl sites for hydroxylation is 2. The molecule has 0 spiro atoms. The lowest BCUT2D eigenvalue weighted by Crippen LogP contribution is -2.19. The molecule has 15 heavy (non-hydrogen) atoms. The maximum Gasteiger partial charge on any atom is 0.133 e. The standard InChI is InChI=1S/C14H18O/c1-10-4-5-13(11(2)8-10)14(3)7-6-12(15)9-14/h4-5,8H,6-7,9H2,1-3H3. The molecular weight excluding hydrogens is 184 g/mol. The van der Waals surface area contributed by atoms with E-state index in [2.05, 4.69) is 39.0 Å². The Morgan fingerprint density at radius 2 is 2.00 bits per heavy atom. The number of hydrogen-bond donors (Lipinski definition) is 0. The average Bonchev–Trinajstić information content (AvgIpc) is 2.46. The van der Waals surface area contributed by atoms with Crippen LogP contribution in [0.4, 0.5) is 0 Å². The first-order valence-electron chi connectivity index (χ1n) is 5.61. The second-order valence-electron chi connectivity index (χ2n) is 5.09. The summed E-state index contributed by atoms with van der Waals surface area (Å²) in [5.41, 5.74) is 4.07. The molecule has 0 radical (unpaired) electrons. The van der Waals surface area contributed by atoms with Gasteiger partial charge in [0.15, 0.2) is 0 Å². The van der Waals surface area contributed by atoms with Crippen molar-refractivity contribution in [2.45, 2.75) is 45.4 Å². The molecule has 0 aliphatic heterocycles. The van der Waals surface area contributed by atoms with Gasteiger partial charge in [0, 0.05) is 18.3 Å². The molecule has 0 aromatic heterocycles. The molecule has 1 aromatic rings. The summed E-state index contributed by atoms with van der Waals surface area (Å²) >= 11 is 0. The van der Waals surface area contributed by atoms with Crippen molar-refractivity contribution in [3.63, 3.8) is 0 Å². The summed E-state index contributed by atoms with van der Waals surface area (Å²) in [5, 5.41) is 0. The molecule has 0 saturated heterocycles. The fourth-order valence-electron chi connectivity index (χ4n) is 2.75. The molecule has 0 amide bonds. The number of ketones is 1. The van der Waals surface area contributed by atoms with E-state index in [0.29, 0.717) is 5.78 Å². The van der Waals surface area contributed by atoms with Gasteiger partial charge in [0.1, 0.15) is 5.78 Å². The Kier molecular flexibility index (Phi) is 2.41. The van der Waals surface area contributed by atoms with Crippen LogP contribution in [-0.2, 0) is 10.2 Å². The zero-order chi connectivity index (χ0) is 11.1. The molecule has 1 aromatic carbocycles. The molecule has 1 nitrogen and oxygen atoms in total. The fourth-order valence-corrected chi connectivity index (χ4v) is 2.75. The minimum atomic E-state index is 0.0921. The topological polar surface area (TPSA) is 17.1 Å². The lowest BCUT2D eigenvalue weighted by Gasteiger charge is -2.25. The zero-order valence-corrected chi connectivity index (χ0v) is 9.76. The zero-order valence-electron chi connectivity index (χ0n) is 9.76. The van der Waals surface area contributed by atoms with E-state index in [0.717, 1.165) is 19.3 Å². The van der Waals surface area contributed by atoms with Gasteiger partial charge in [0.25, 0.3) is 0 Å². The molecule has 0 N–H and O–H groups in total. The van der Waals surface area contributed by atoms with Gasteiger partial charge < -0.3 is 0 Å². The maximum atomic E-state index is 11.4. The molecule has 80 valence electrons. The predicted octanol–water partition coefficient (Wildman–Crippen LogP) is 3.31. The van der Waals surface area contributed by atoms with E-state index in [4.69, 9.17) is 0 Å². The van der Waals surface area contributed by atoms with Crippen LogP contribution in [-0.4, -0.2) is 5.78 Å². The minimum absolute atomic E-state index is 0.0921. The first-order valence-corrected chi connectivity index (χ1v) is 5.61. The van der Waals surface area contributed by atoms with Gasteiger partial charge in [-0.15, -0.1) is 0 Å². The lowest BCUT2D eigenvalue weighted by atomic mass is 9.78. The smallest absolute Gasteiger partial charge is 0.133 e. The van der Waals surface area contributed by atoms with Gasteiger partial charge in [-0.05, 0) is 31.4 Å². The van der Waals surface area contributed by atoms with Crippen molar-refractivity contribution < 1.29 is 4.79 Å². The van der Waals surface area contributed by atoms with Gasteiger partial charge in [-0.3, -0.25) is 4.79 Å². The fraction of sp³-hybridized carbons (Fsp3) is 0.500. The Morgan fingerprint density at radius 3 is 2.53 bits per heavy atom. The van der Waals surface area contributed by atoms with Gasteiger partial charge in [-0.1, -0.05) is 30.7 Å². The van der Waals surface area contributed by atoms with Gasteiger partial charge in [-0.2, -0.15) is 0 Å². The van der Waals surface area contributed by atoms with Crippen LogP contribution < -0.4 is 0 Å². The first-order chi connectivity index (χ1) is 7.01. The Labute approximate surface area is 91.5 Å². The van der Waals surface area contributed by atoms with Crippen LogP contribution in [0.5, 0.6) is 0 Å². The Morgan fingerprint density at radius 1 is 1.27 bits per heavy atom. The van der Waals surface area contributed by atoms with E-state index >= 15 is 0 Å². The van der Waals surface area contributed by atoms with Gasteiger partial charge in [0.05, 0.1) is 0 Å². The largest absolute Gasteiger partial charge is 0.300 e. The molecule has 1 unspecified atom stereocenters. The van der Waals surface area contributed by atoms with Crippen molar-refractivity contribution in [1.82, 2.24) is 0 Å². The second kappa shape index (κ2) is 3.48. The molecule has 2 rings (SSSR count). The number of carbonyl (C=O) groups is 1. The van der Waals surface area contributed by atoms with Crippen molar-refractivity contribution in [3.8, 4) is 0 Å². The highest BCUT2D eigenvalue weighted by molar-refractivity contribution is 5.82. The van der Waals surface area contributed by atoms with Crippen LogP contribution in [0, 0.1) is 13.8 Å². The monoisotopic (exact) mass is 202 g/mol. The number of Topliss-reactive ketones (excluding diaryl/α,β-unsaturated/α-hetero) is 1. The number of hydrogen-bond acceptors (Lipinski definition) is 1. The van der Waals surface area contributed by atoms with Crippen molar-refractivity contribution in [3.05, 3.63) is 34.9 Å². The Hall–Kier alpha value is -1.11.